The van der Waals surface area contributed by atoms with Gasteiger partial charge in [-0.15, -0.1) is 0 Å². The lowest BCUT2D eigenvalue weighted by atomic mass is 9.93. The zero-order chi connectivity index (χ0) is 21.2. The Balaban J connectivity index is 1.56. The number of Topliss-reactive ketones (excluding diaryl/α,β-unsaturated/α-hetero) is 2. The highest BCUT2D eigenvalue weighted by Gasteiger charge is 2.26. The van der Waals surface area contributed by atoms with Crippen LogP contribution in [-0.4, -0.2) is 60.6 Å². The molecule has 0 unspecified atom stereocenters. The van der Waals surface area contributed by atoms with Gasteiger partial charge in [0.2, 0.25) is 0 Å². The summed E-state index contributed by atoms with van der Waals surface area (Å²) in [6.45, 7) is 4.56. The molecular formula is C26H30N2O3. The van der Waals surface area contributed by atoms with E-state index >= 15 is 0 Å². The predicted octanol–water partition coefficient (Wildman–Crippen LogP) is 4.92. The summed E-state index contributed by atoms with van der Waals surface area (Å²) in [5, 5.41) is 1.70. The van der Waals surface area contributed by atoms with Gasteiger partial charge < -0.3 is 4.42 Å². The van der Waals surface area contributed by atoms with Crippen LogP contribution in [0, 0.1) is 0 Å². The van der Waals surface area contributed by atoms with Gasteiger partial charge in [-0.25, -0.2) is 0 Å². The lowest BCUT2D eigenvalue weighted by molar-refractivity contribution is 0.0883. The Morgan fingerprint density at radius 2 is 1.32 bits per heavy atom. The summed E-state index contributed by atoms with van der Waals surface area (Å²) in [7, 11) is 0. The maximum absolute atomic E-state index is 13.6. The number of piperidine rings is 2. The van der Waals surface area contributed by atoms with Gasteiger partial charge in [0.1, 0.15) is 11.2 Å². The maximum Gasteiger partial charge on any atom is 0.178 e. The van der Waals surface area contributed by atoms with Crippen LogP contribution in [0.15, 0.2) is 40.8 Å². The number of carbonyl (C=O) groups is 2. The van der Waals surface area contributed by atoms with Crippen LogP contribution in [0.1, 0.15) is 59.2 Å². The SMILES string of the molecule is O=C(CN1CCCCC1)c1ccc2oc3ccccc3c2c1C(=O)CN1CCCCC1. The van der Waals surface area contributed by atoms with Gasteiger partial charge in [-0.2, -0.15) is 0 Å². The molecule has 162 valence electrons. The van der Waals surface area contributed by atoms with Crippen molar-refractivity contribution in [2.45, 2.75) is 38.5 Å². The van der Waals surface area contributed by atoms with Crippen LogP contribution < -0.4 is 0 Å². The van der Waals surface area contributed by atoms with Crippen LogP contribution in [0.3, 0.4) is 0 Å². The Bertz CT molecular complexity index is 1100. The van der Waals surface area contributed by atoms with Gasteiger partial charge in [-0.3, -0.25) is 19.4 Å². The molecule has 5 rings (SSSR count). The van der Waals surface area contributed by atoms with E-state index in [9.17, 15) is 9.59 Å². The molecule has 2 fully saturated rings. The van der Waals surface area contributed by atoms with Gasteiger partial charge >= 0.3 is 0 Å². The minimum atomic E-state index is 0.0287. The molecule has 2 aromatic carbocycles. The number of fused-ring (bicyclic) bond motifs is 3. The van der Waals surface area contributed by atoms with E-state index in [1.165, 1.54) is 12.8 Å². The molecule has 2 aliphatic rings. The lowest BCUT2D eigenvalue weighted by Gasteiger charge is -2.27. The highest BCUT2D eigenvalue weighted by atomic mass is 16.3. The smallest absolute Gasteiger partial charge is 0.178 e. The molecule has 0 saturated carbocycles. The van der Waals surface area contributed by atoms with Crippen LogP contribution >= 0.6 is 0 Å². The highest BCUT2D eigenvalue weighted by molar-refractivity contribution is 6.22. The van der Waals surface area contributed by atoms with Crippen molar-refractivity contribution in [3.63, 3.8) is 0 Å². The van der Waals surface area contributed by atoms with Crippen LogP contribution in [0.5, 0.6) is 0 Å². The minimum Gasteiger partial charge on any atom is -0.456 e. The summed E-state index contributed by atoms with van der Waals surface area (Å²) in [6, 6.07) is 11.5. The molecule has 5 nitrogen and oxygen atoms in total. The Kier molecular flexibility index (Phi) is 5.88. The second-order valence-electron chi connectivity index (χ2n) is 8.98. The number of nitrogens with zero attached hydrogens (tertiary/aromatic N) is 2. The second kappa shape index (κ2) is 8.93. The van der Waals surface area contributed by atoms with Crippen molar-refractivity contribution in [3.8, 4) is 0 Å². The van der Waals surface area contributed by atoms with E-state index in [4.69, 9.17) is 4.42 Å². The van der Waals surface area contributed by atoms with Gasteiger partial charge in [-0.05, 0) is 70.1 Å². The average molecular weight is 419 g/mol. The van der Waals surface area contributed by atoms with Gasteiger partial charge in [0.05, 0.1) is 13.1 Å². The molecule has 3 heterocycles. The third-order valence-electron chi connectivity index (χ3n) is 6.75. The predicted molar refractivity (Wildman–Crippen MR) is 123 cm³/mol. The van der Waals surface area contributed by atoms with Crippen LogP contribution in [0.4, 0.5) is 0 Å². The van der Waals surface area contributed by atoms with Crippen molar-refractivity contribution >= 4 is 33.5 Å². The van der Waals surface area contributed by atoms with Crippen molar-refractivity contribution in [1.29, 1.82) is 0 Å². The zero-order valence-corrected chi connectivity index (χ0v) is 18.1. The summed E-state index contributed by atoms with van der Waals surface area (Å²) in [5.74, 6) is 0.0668. The summed E-state index contributed by atoms with van der Waals surface area (Å²) < 4.78 is 6.03. The molecule has 0 atom stereocenters. The van der Waals surface area contributed by atoms with Crippen LogP contribution in [-0.2, 0) is 0 Å². The molecule has 0 aliphatic carbocycles. The Hall–Kier alpha value is -2.50. The Labute approximate surface area is 183 Å². The number of ketones is 2. The fourth-order valence-electron chi connectivity index (χ4n) is 5.14. The molecule has 0 radical (unpaired) electrons. The maximum atomic E-state index is 13.6. The van der Waals surface area contributed by atoms with Crippen LogP contribution in [0.25, 0.3) is 21.9 Å². The fraction of sp³-hybridized carbons (Fsp3) is 0.462. The summed E-state index contributed by atoms with van der Waals surface area (Å²) in [5.41, 5.74) is 2.53. The summed E-state index contributed by atoms with van der Waals surface area (Å²) in [4.78, 5) is 31.5. The van der Waals surface area contributed by atoms with Crippen molar-refractivity contribution in [2.75, 3.05) is 39.3 Å². The summed E-state index contributed by atoms with van der Waals surface area (Å²) >= 11 is 0. The number of para-hydroxylation sites is 1. The summed E-state index contributed by atoms with van der Waals surface area (Å²) in [6.07, 6.45) is 7.00. The topological polar surface area (TPSA) is 53.8 Å². The fourth-order valence-corrected chi connectivity index (χ4v) is 5.14. The number of likely N-dealkylation sites (tertiary alicyclic amines) is 2. The standard InChI is InChI=1S/C26H30N2O3/c29-21(17-27-13-5-1-6-14-27)19-11-12-24-26(20-9-3-4-10-23(20)31-24)25(19)22(30)18-28-15-7-2-8-16-28/h3-4,9-12H,1-2,5-8,13-18H2. The first kappa shape index (κ1) is 20.4. The van der Waals surface area contributed by atoms with E-state index in [0.717, 1.165) is 68.2 Å². The quantitative estimate of drug-likeness (QED) is 0.532. The molecule has 1 aromatic heterocycles. The first-order valence-electron chi connectivity index (χ1n) is 11.7. The van der Waals surface area contributed by atoms with Gasteiger partial charge in [0, 0.05) is 21.9 Å². The number of hydrogen-bond acceptors (Lipinski definition) is 5. The molecule has 31 heavy (non-hydrogen) atoms. The molecule has 5 heteroatoms. The van der Waals surface area contributed by atoms with Crippen molar-refractivity contribution in [2.24, 2.45) is 0 Å². The Morgan fingerprint density at radius 3 is 2.00 bits per heavy atom. The number of benzene rings is 2. The van der Waals surface area contributed by atoms with Crippen LogP contribution in [0.2, 0.25) is 0 Å². The molecule has 0 spiro atoms. The Morgan fingerprint density at radius 1 is 0.710 bits per heavy atom. The van der Waals surface area contributed by atoms with Gasteiger partial charge in [0.15, 0.2) is 11.6 Å². The highest BCUT2D eigenvalue weighted by Crippen LogP contribution is 2.34. The van der Waals surface area contributed by atoms with E-state index < -0.39 is 0 Å². The molecule has 0 bridgehead atoms. The first-order chi connectivity index (χ1) is 15.2. The van der Waals surface area contributed by atoms with Gasteiger partial charge in [0.25, 0.3) is 0 Å². The third-order valence-corrected chi connectivity index (χ3v) is 6.75. The van der Waals surface area contributed by atoms with Crippen molar-refractivity contribution in [3.05, 3.63) is 47.5 Å². The average Bonchev–Trinajstić information content (AvgIpc) is 3.18. The molecule has 2 aliphatic heterocycles. The number of hydrogen-bond donors (Lipinski definition) is 0. The zero-order valence-electron chi connectivity index (χ0n) is 18.1. The van der Waals surface area contributed by atoms with E-state index in [1.54, 1.807) is 6.07 Å². The van der Waals surface area contributed by atoms with Crippen molar-refractivity contribution < 1.29 is 14.0 Å². The number of furan rings is 1. The monoisotopic (exact) mass is 418 g/mol. The number of carbonyl (C=O) groups excluding carboxylic acids is 2. The van der Waals surface area contributed by atoms with Gasteiger partial charge in [-0.1, -0.05) is 31.0 Å². The normalized spacial score (nSPS) is 18.6. The van der Waals surface area contributed by atoms with E-state index in [2.05, 4.69) is 9.80 Å². The van der Waals surface area contributed by atoms with E-state index in [1.807, 2.05) is 30.3 Å². The van der Waals surface area contributed by atoms with Crippen molar-refractivity contribution in [1.82, 2.24) is 9.80 Å². The van der Waals surface area contributed by atoms with E-state index in [-0.39, 0.29) is 11.6 Å². The van der Waals surface area contributed by atoms with E-state index in [0.29, 0.717) is 29.8 Å². The first-order valence-corrected chi connectivity index (χ1v) is 11.7. The molecular weight excluding hydrogens is 388 g/mol. The largest absolute Gasteiger partial charge is 0.456 e. The molecule has 2 saturated heterocycles. The molecule has 3 aromatic rings. The molecule has 0 amide bonds. The molecule has 0 N–H and O–H groups in total. The second-order valence-corrected chi connectivity index (χ2v) is 8.98. The lowest BCUT2D eigenvalue weighted by Crippen LogP contribution is -2.36. The number of rotatable bonds is 6. The third kappa shape index (κ3) is 4.17. The minimum absolute atomic E-state index is 0.0287.